The fourth-order valence-electron chi connectivity index (χ4n) is 4.35. The van der Waals surface area contributed by atoms with E-state index in [0.717, 1.165) is 47.9 Å². The molecule has 0 aliphatic heterocycles. The van der Waals surface area contributed by atoms with Crippen molar-refractivity contribution in [3.63, 3.8) is 0 Å². The number of Topliss-reactive ketones (excluding diaryl/α,β-unsaturated/α-hetero) is 1. The Hall–Kier alpha value is -2.42. The van der Waals surface area contributed by atoms with Crippen molar-refractivity contribution >= 4 is 11.8 Å². The molecule has 0 saturated heterocycles. The van der Waals surface area contributed by atoms with Gasteiger partial charge in [0.05, 0.1) is 0 Å². The third-order valence-corrected chi connectivity index (χ3v) is 5.55. The van der Waals surface area contributed by atoms with Crippen molar-refractivity contribution in [1.82, 2.24) is 0 Å². The van der Waals surface area contributed by atoms with Crippen LogP contribution in [0, 0.1) is 32.6 Å². The minimum absolute atomic E-state index is 0.0741. The number of aryl methyl sites for hydroxylation is 3. The van der Waals surface area contributed by atoms with E-state index < -0.39 is 5.92 Å². The number of carbonyl (C=O) groups excluding carboxylic acids is 2. The number of benzene rings is 2. The van der Waals surface area contributed by atoms with E-state index in [2.05, 4.69) is 0 Å². The Morgan fingerprint density at radius 3 is 2.19 bits per heavy atom. The van der Waals surface area contributed by atoms with E-state index in [1.54, 1.807) is 0 Å². The first-order valence-corrected chi connectivity index (χ1v) is 9.80. The van der Waals surface area contributed by atoms with Gasteiger partial charge >= 0.3 is 5.97 Å². The van der Waals surface area contributed by atoms with E-state index in [0.29, 0.717) is 5.56 Å². The smallest absolute Gasteiger partial charge is 0.317 e. The summed E-state index contributed by atoms with van der Waals surface area (Å²) >= 11 is 0. The molecule has 2 aromatic carbocycles. The SMILES string of the molecule is Cc1cc(C)c(C(=O)C(C(=O)OCc2ccccc2)C2CCCC2)c(C)c1. The zero-order chi connectivity index (χ0) is 19.4. The van der Waals surface area contributed by atoms with Gasteiger partial charge in [0.2, 0.25) is 0 Å². The second-order valence-corrected chi connectivity index (χ2v) is 7.75. The van der Waals surface area contributed by atoms with Crippen LogP contribution in [0.3, 0.4) is 0 Å². The van der Waals surface area contributed by atoms with E-state index in [4.69, 9.17) is 4.74 Å². The third-order valence-electron chi connectivity index (χ3n) is 5.55. The zero-order valence-corrected chi connectivity index (χ0v) is 16.5. The second kappa shape index (κ2) is 8.51. The third kappa shape index (κ3) is 4.47. The summed E-state index contributed by atoms with van der Waals surface area (Å²) in [4.78, 5) is 26.4. The lowest BCUT2D eigenvalue weighted by Crippen LogP contribution is -2.33. The monoisotopic (exact) mass is 364 g/mol. The highest BCUT2D eigenvalue weighted by Gasteiger charge is 2.39. The van der Waals surface area contributed by atoms with Crippen LogP contribution in [0.5, 0.6) is 0 Å². The van der Waals surface area contributed by atoms with Crippen LogP contribution in [0.25, 0.3) is 0 Å². The molecule has 1 fully saturated rings. The molecule has 1 saturated carbocycles. The van der Waals surface area contributed by atoms with E-state index in [-0.39, 0.29) is 24.3 Å². The van der Waals surface area contributed by atoms with Gasteiger partial charge < -0.3 is 4.74 Å². The van der Waals surface area contributed by atoms with Crippen LogP contribution < -0.4 is 0 Å². The maximum absolute atomic E-state index is 13.4. The second-order valence-electron chi connectivity index (χ2n) is 7.75. The van der Waals surface area contributed by atoms with Gasteiger partial charge in [-0.25, -0.2) is 0 Å². The minimum atomic E-state index is -0.698. The molecule has 142 valence electrons. The molecule has 1 aliphatic rings. The predicted molar refractivity (Wildman–Crippen MR) is 107 cm³/mol. The van der Waals surface area contributed by atoms with Crippen molar-refractivity contribution in [1.29, 1.82) is 0 Å². The lowest BCUT2D eigenvalue weighted by atomic mass is 9.81. The molecule has 27 heavy (non-hydrogen) atoms. The summed E-state index contributed by atoms with van der Waals surface area (Å²) < 4.78 is 5.59. The molecule has 0 N–H and O–H groups in total. The number of hydrogen-bond acceptors (Lipinski definition) is 3. The first-order chi connectivity index (χ1) is 13.0. The van der Waals surface area contributed by atoms with Crippen molar-refractivity contribution in [2.24, 2.45) is 11.8 Å². The standard InChI is InChI=1S/C24H28O3/c1-16-13-17(2)21(18(3)14-16)23(25)22(20-11-7-8-12-20)24(26)27-15-19-9-5-4-6-10-19/h4-6,9-10,13-14,20,22H,7-8,11-12,15H2,1-3H3. The average molecular weight is 364 g/mol. The minimum Gasteiger partial charge on any atom is -0.460 e. The topological polar surface area (TPSA) is 43.4 Å². The molecule has 0 aromatic heterocycles. The van der Waals surface area contributed by atoms with Gasteiger partial charge in [-0.05, 0) is 56.2 Å². The lowest BCUT2D eigenvalue weighted by molar-refractivity contribution is -0.149. The van der Waals surface area contributed by atoms with Crippen LogP contribution in [-0.4, -0.2) is 11.8 Å². The Kier molecular flexibility index (Phi) is 6.10. The van der Waals surface area contributed by atoms with Crippen molar-refractivity contribution < 1.29 is 14.3 Å². The Balaban J connectivity index is 1.85. The van der Waals surface area contributed by atoms with Gasteiger partial charge in [-0.2, -0.15) is 0 Å². The summed E-state index contributed by atoms with van der Waals surface area (Å²) in [5.41, 5.74) is 4.64. The highest BCUT2D eigenvalue weighted by molar-refractivity contribution is 6.10. The van der Waals surface area contributed by atoms with Gasteiger partial charge in [0.25, 0.3) is 0 Å². The van der Waals surface area contributed by atoms with E-state index in [1.165, 1.54) is 0 Å². The highest BCUT2D eigenvalue weighted by Crippen LogP contribution is 2.35. The van der Waals surface area contributed by atoms with Crippen molar-refractivity contribution in [3.05, 3.63) is 70.3 Å². The number of rotatable bonds is 6. The summed E-state index contributed by atoms with van der Waals surface area (Å²) in [6.07, 6.45) is 3.99. The Morgan fingerprint density at radius 2 is 1.59 bits per heavy atom. The van der Waals surface area contributed by atoms with Gasteiger partial charge in [0.15, 0.2) is 5.78 Å². The molecule has 0 spiro atoms. The maximum atomic E-state index is 13.4. The quantitative estimate of drug-likeness (QED) is 0.394. The number of ether oxygens (including phenoxy) is 1. The molecule has 3 nitrogen and oxygen atoms in total. The van der Waals surface area contributed by atoms with Crippen LogP contribution in [0.15, 0.2) is 42.5 Å². The van der Waals surface area contributed by atoms with Gasteiger partial charge in [0, 0.05) is 5.56 Å². The zero-order valence-electron chi connectivity index (χ0n) is 16.5. The Bertz CT molecular complexity index is 794. The van der Waals surface area contributed by atoms with Crippen LogP contribution in [0.1, 0.15) is 58.3 Å². The molecule has 2 aromatic rings. The van der Waals surface area contributed by atoms with E-state index in [1.807, 2.05) is 63.2 Å². The van der Waals surface area contributed by atoms with Crippen LogP contribution in [-0.2, 0) is 16.1 Å². The molecule has 0 radical (unpaired) electrons. The number of ketones is 1. The largest absolute Gasteiger partial charge is 0.460 e. The molecule has 0 heterocycles. The van der Waals surface area contributed by atoms with Gasteiger partial charge in [-0.15, -0.1) is 0 Å². The van der Waals surface area contributed by atoms with Crippen molar-refractivity contribution in [2.45, 2.75) is 53.1 Å². The summed E-state index contributed by atoms with van der Waals surface area (Å²) in [7, 11) is 0. The molecule has 3 rings (SSSR count). The van der Waals surface area contributed by atoms with Crippen LogP contribution in [0.4, 0.5) is 0 Å². The molecular weight excluding hydrogens is 336 g/mol. The van der Waals surface area contributed by atoms with Crippen LogP contribution in [0.2, 0.25) is 0 Å². The van der Waals surface area contributed by atoms with Gasteiger partial charge in [-0.3, -0.25) is 9.59 Å². The highest BCUT2D eigenvalue weighted by atomic mass is 16.5. The fourth-order valence-corrected chi connectivity index (χ4v) is 4.35. The summed E-state index contributed by atoms with van der Waals surface area (Å²) in [5.74, 6) is -1.07. The van der Waals surface area contributed by atoms with E-state index >= 15 is 0 Å². The van der Waals surface area contributed by atoms with Gasteiger partial charge in [0.1, 0.15) is 12.5 Å². The average Bonchev–Trinajstić information content (AvgIpc) is 3.14. The molecular formula is C24H28O3. The molecule has 1 aliphatic carbocycles. The summed E-state index contributed by atoms with van der Waals surface area (Å²) in [5, 5.41) is 0. The summed E-state index contributed by atoms with van der Waals surface area (Å²) in [6, 6.07) is 13.6. The normalized spacial score (nSPS) is 15.5. The number of carbonyl (C=O) groups is 2. The lowest BCUT2D eigenvalue weighted by Gasteiger charge is -2.23. The van der Waals surface area contributed by atoms with Gasteiger partial charge in [-0.1, -0.05) is 60.9 Å². The van der Waals surface area contributed by atoms with E-state index in [9.17, 15) is 9.59 Å². The number of hydrogen-bond donors (Lipinski definition) is 0. The Morgan fingerprint density at radius 1 is 1.00 bits per heavy atom. The number of esters is 1. The fraction of sp³-hybridized carbons (Fsp3) is 0.417. The van der Waals surface area contributed by atoms with Crippen LogP contribution >= 0.6 is 0 Å². The van der Waals surface area contributed by atoms with Crippen molar-refractivity contribution in [2.75, 3.05) is 0 Å². The predicted octanol–water partition coefficient (Wildman–Crippen LogP) is 5.34. The molecule has 3 heteroatoms. The first-order valence-electron chi connectivity index (χ1n) is 9.80. The Labute approximate surface area is 161 Å². The molecule has 1 atom stereocenters. The summed E-state index contributed by atoms with van der Waals surface area (Å²) in [6.45, 7) is 6.14. The molecule has 0 bridgehead atoms. The molecule has 1 unspecified atom stereocenters. The maximum Gasteiger partial charge on any atom is 0.317 e. The first kappa shape index (κ1) is 19.3. The van der Waals surface area contributed by atoms with Crippen molar-refractivity contribution in [3.8, 4) is 0 Å². The molecule has 0 amide bonds.